The quantitative estimate of drug-likeness (QED) is 0.741. The van der Waals surface area contributed by atoms with Crippen LogP contribution in [0.1, 0.15) is 29.8 Å². The summed E-state index contributed by atoms with van der Waals surface area (Å²) < 4.78 is 32.1. The molecular weight excluding hydrogens is 352 g/mol. The maximum atomic E-state index is 12.3. The molecule has 0 aliphatic carbocycles. The smallest absolute Gasteiger partial charge is 0.251 e. The largest absolute Gasteiger partial charge is 0.497 e. The van der Waals surface area contributed by atoms with Crippen molar-refractivity contribution in [1.29, 1.82) is 0 Å². The first kappa shape index (κ1) is 19.9. The van der Waals surface area contributed by atoms with E-state index in [1.54, 1.807) is 33.1 Å². The van der Waals surface area contributed by atoms with Gasteiger partial charge in [0.05, 0.1) is 12.0 Å². The molecule has 26 heavy (non-hydrogen) atoms. The third kappa shape index (κ3) is 5.57. The van der Waals surface area contributed by atoms with E-state index in [4.69, 9.17) is 4.74 Å². The van der Waals surface area contributed by atoms with Gasteiger partial charge >= 0.3 is 0 Å². The van der Waals surface area contributed by atoms with Crippen molar-refractivity contribution in [3.05, 3.63) is 59.7 Å². The summed E-state index contributed by atoms with van der Waals surface area (Å²) in [7, 11) is -2.02. The van der Waals surface area contributed by atoms with Crippen molar-refractivity contribution in [2.75, 3.05) is 13.7 Å². The number of carbonyl (C=O) groups is 1. The van der Waals surface area contributed by atoms with Crippen molar-refractivity contribution in [1.82, 2.24) is 10.0 Å². The Morgan fingerprint density at radius 3 is 2.54 bits per heavy atom. The van der Waals surface area contributed by atoms with Gasteiger partial charge in [-0.1, -0.05) is 18.2 Å². The molecule has 0 saturated carbocycles. The van der Waals surface area contributed by atoms with Gasteiger partial charge in [0.1, 0.15) is 5.75 Å². The summed E-state index contributed by atoms with van der Waals surface area (Å²) in [5.41, 5.74) is 1.35. The number of benzene rings is 2. The number of rotatable bonds is 8. The van der Waals surface area contributed by atoms with Gasteiger partial charge < -0.3 is 10.1 Å². The number of carbonyl (C=O) groups excluding carboxylic acids is 1. The molecule has 0 fully saturated rings. The van der Waals surface area contributed by atoms with Gasteiger partial charge in [-0.3, -0.25) is 4.79 Å². The highest BCUT2D eigenvalue weighted by Gasteiger charge is 2.17. The Morgan fingerprint density at radius 1 is 1.12 bits per heavy atom. The van der Waals surface area contributed by atoms with Crippen molar-refractivity contribution in [3.63, 3.8) is 0 Å². The molecule has 0 heterocycles. The molecule has 2 rings (SSSR count). The summed E-state index contributed by atoms with van der Waals surface area (Å²) >= 11 is 0. The van der Waals surface area contributed by atoms with Crippen LogP contribution in [-0.2, 0) is 16.4 Å². The number of hydrogen-bond donors (Lipinski definition) is 2. The van der Waals surface area contributed by atoms with Crippen LogP contribution in [0.5, 0.6) is 5.75 Å². The Morgan fingerprint density at radius 2 is 1.85 bits per heavy atom. The zero-order valence-corrected chi connectivity index (χ0v) is 16.0. The Hall–Kier alpha value is -2.38. The molecule has 0 aliphatic rings. The average Bonchev–Trinajstić information content (AvgIpc) is 2.61. The first-order chi connectivity index (χ1) is 12.3. The lowest BCUT2D eigenvalue weighted by molar-refractivity contribution is 0.0954. The minimum Gasteiger partial charge on any atom is -0.497 e. The van der Waals surface area contributed by atoms with Crippen molar-refractivity contribution < 1.29 is 17.9 Å². The van der Waals surface area contributed by atoms with E-state index in [9.17, 15) is 13.2 Å². The molecular formula is C19H24N2O4S. The summed E-state index contributed by atoms with van der Waals surface area (Å²) in [5.74, 6) is 0.457. The Kier molecular flexibility index (Phi) is 6.76. The predicted octanol–water partition coefficient (Wildman–Crippen LogP) is 2.35. The second kappa shape index (κ2) is 8.82. The van der Waals surface area contributed by atoms with Gasteiger partial charge in [0, 0.05) is 18.2 Å². The van der Waals surface area contributed by atoms with Crippen LogP contribution in [0.25, 0.3) is 0 Å². The van der Waals surface area contributed by atoms with E-state index < -0.39 is 10.0 Å². The minimum absolute atomic E-state index is 0.0756. The Balaban J connectivity index is 2.00. The van der Waals surface area contributed by atoms with Crippen LogP contribution < -0.4 is 14.8 Å². The van der Waals surface area contributed by atoms with Crippen molar-refractivity contribution in [2.45, 2.75) is 31.2 Å². The van der Waals surface area contributed by atoms with Gasteiger partial charge in [-0.05, 0) is 56.2 Å². The van der Waals surface area contributed by atoms with Gasteiger partial charge in [-0.15, -0.1) is 0 Å². The molecule has 2 aromatic rings. The first-order valence-corrected chi connectivity index (χ1v) is 9.83. The monoisotopic (exact) mass is 376 g/mol. The molecule has 1 amide bonds. The predicted molar refractivity (Wildman–Crippen MR) is 101 cm³/mol. The summed E-state index contributed by atoms with van der Waals surface area (Å²) in [4.78, 5) is 12.4. The third-order valence-corrected chi connectivity index (χ3v) is 5.29. The molecule has 0 atom stereocenters. The second-order valence-electron chi connectivity index (χ2n) is 6.16. The number of methoxy groups -OCH3 is 1. The van der Waals surface area contributed by atoms with E-state index in [-0.39, 0.29) is 16.8 Å². The highest BCUT2D eigenvalue weighted by Crippen LogP contribution is 2.14. The lowest BCUT2D eigenvalue weighted by Gasteiger charge is -2.11. The zero-order valence-electron chi connectivity index (χ0n) is 15.2. The van der Waals surface area contributed by atoms with Gasteiger partial charge in [-0.2, -0.15) is 0 Å². The van der Waals surface area contributed by atoms with Crippen LogP contribution in [0.4, 0.5) is 0 Å². The van der Waals surface area contributed by atoms with Crippen LogP contribution in [0.3, 0.4) is 0 Å². The molecule has 7 heteroatoms. The molecule has 0 saturated heterocycles. The van der Waals surface area contributed by atoms with E-state index in [1.165, 1.54) is 12.1 Å². The highest BCUT2D eigenvalue weighted by molar-refractivity contribution is 7.89. The number of nitrogens with one attached hydrogen (secondary N) is 2. The van der Waals surface area contributed by atoms with Crippen molar-refractivity contribution >= 4 is 15.9 Å². The van der Waals surface area contributed by atoms with Crippen molar-refractivity contribution in [3.8, 4) is 5.75 Å². The number of amides is 1. The van der Waals surface area contributed by atoms with Crippen LogP contribution in [0.15, 0.2) is 53.4 Å². The van der Waals surface area contributed by atoms with Gasteiger partial charge in [0.2, 0.25) is 10.0 Å². The van der Waals surface area contributed by atoms with Crippen LogP contribution in [-0.4, -0.2) is 34.0 Å². The standard InChI is InChI=1S/C19H24N2O4S/c1-14(2)21-26(23,24)18-9-5-7-16(13-18)19(22)20-11-10-15-6-4-8-17(12-15)25-3/h4-9,12-14,21H,10-11H2,1-3H3,(H,20,22). The fraction of sp³-hybridized carbons (Fsp3) is 0.316. The summed E-state index contributed by atoms with van der Waals surface area (Å²) in [6, 6.07) is 13.4. The topological polar surface area (TPSA) is 84.5 Å². The van der Waals surface area contributed by atoms with Crippen LogP contribution >= 0.6 is 0 Å². The molecule has 0 aliphatic heterocycles. The number of sulfonamides is 1. The second-order valence-corrected chi connectivity index (χ2v) is 7.88. The minimum atomic E-state index is -3.63. The fourth-order valence-electron chi connectivity index (χ4n) is 2.43. The molecule has 0 bridgehead atoms. The Bertz CT molecular complexity index is 863. The van der Waals surface area contributed by atoms with Gasteiger partial charge in [-0.25, -0.2) is 13.1 Å². The van der Waals surface area contributed by atoms with Gasteiger partial charge in [0.15, 0.2) is 0 Å². The molecule has 140 valence electrons. The third-order valence-electron chi connectivity index (χ3n) is 3.63. The molecule has 2 aromatic carbocycles. The molecule has 6 nitrogen and oxygen atoms in total. The molecule has 0 unspecified atom stereocenters. The summed E-state index contributed by atoms with van der Waals surface area (Å²) in [6.07, 6.45) is 0.649. The maximum Gasteiger partial charge on any atom is 0.251 e. The van der Waals surface area contributed by atoms with Crippen LogP contribution in [0, 0.1) is 0 Å². The zero-order chi connectivity index (χ0) is 19.2. The van der Waals surface area contributed by atoms with E-state index in [0.717, 1.165) is 11.3 Å². The van der Waals surface area contributed by atoms with E-state index in [2.05, 4.69) is 10.0 Å². The SMILES string of the molecule is COc1cccc(CCNC(=O)c2cccc(S(=O)(=O)NC(C)C)c2)c1. The number of ether oxygens (including phenoxy) is 1. The molecule has 0 radical (unpaired) electrons. The van der Waals surface area contributed by atoms with Gasteiger partial charge in [0.25, 0.3) is 5.91 Å². The number of hydrogen-bond acceptors (Lipinski definition) is 4. The summed E-state index contributed by atoms with van der Waals surface area (Å²) in [5, 5.41) is 2.81. The highest BCUT2D eigenvalue weighted by atomic mass is 32.2. The lowest BCUT2D eigenvalue weighted by atomic mass is 10.1. The summed E-state index contributed by atoms with van der Waals surface area (Å²) in [6.45, 7) is 3.92. The van der Waals surface area contributed by atoms with Crippen LogP contribution in [0.2, 0.25) is 0 Å². The lowest BCUT2D eigenvalue weighted by Crippen LogP contribution is -2.30. The molecule has 0 spiro atoms. The molecule has 0 aromatic heterocycles. The maximum absolute atomic E-state index is 12.3. The first-order valence-electron chi connectivity index (χ1n) is 8.35. The van der Waals surface area contributed by atoms with E-state index in [0.29, 0.717) is 18.5 Å². The normalized spacial score (nSPS) is 11.4. The Labute approximate surface area is 154 Å². The van der Waals surface area contributed by atoms with E-state index in [1.807, 2.05) is 24.3 Å². The molecule has 2 N–H and O–H groups in total. The fourth-order valence-corrected chi connectivity index (χ4v) is 3.73. The van der Waals surface area contributed by atoms with E-state index >= 15 is 0 Å². The van der Waals surface area contributed by atoms with Crippen molar-refractivity contribution in [2.24, 2.45) is 0 Å². The average molecular weight is 376 g/mol.